The van der Waals surface area contributed by atoms with E-state index in [1.54, 1.807) is 0 Å². The van der Waals surface area contributed by atoms with Crippen molar-refractivity contribution in [1.29, 1.82) is 0 Å². The van der Waals surface area contributed by atoms with Crippen molar-refractivity contribution < 1.29 is 4.79 Å². The third kappa shape index (κ3) is 6.16. The molecule has 1 saturated carbocycles. The molecule has 0 heterocycles. The Labute approximate surface area is 132 Å². The van der Waals surface area contributed by atoms with Crippen LogP contribution >= 0.6 is 0 Å². The Bertz CT molecular complexity index is 483. The maximum absolute atomic E-state index is 11.5. The van der Waals surface area contributed by atoms with Gasteiger partial charge < -0.3 is 16.0 Å². The Hall–Kier alpha value is -2.04. The summed E-state index contributed by atoms with van der Waals surface area (Å²) in [6.45, 7) is 4.94. The first-order valence-electron chi connectivity index (χ1n) is 8.13. The molecule has 120 valence electrons. The average Bonchev–Trinajstić information content (AvgIpc) is 3.37. The van der Waals surface area contributed by atoms with Crippen molar-refractivity contribution in [3.63, 3.8) is 0 Å². The highest BCUT2D eigenvalue weighted by molar-refractivity contribution is 5.81. The Morgan fingerprint density at radius 3 is 2.55 bits per heavy atom. The predicted octanol–water partition coefficient (Wildman–Crippen LogP) is 1.31. The monoisotopic (exact) mass is 302 g/mol. The number of amides is 1. The van der Waals surface area contributed by atoms with Crippen molar-refractivity contribution in [1.82, 2.24) is 16.0 Å². The number of aliphatic imine (C=N–C) groups is 1. The number of nitrogens with zero attached hydrogens (tertiary/aromatic N) is 1. The maximum atomic E-state index is 11.5. The summed E-state index contributed by atoms with van der Waals surface area (Å²) in [5.41, 5.74) is 1.29. The van der Waals surface area contributed by atoms with Gasteiger partial charge in [0.15, 0.2) is 5.96 Å². The van der Waals surface area contributed by atoms with E-state index in [2.05, 4.69) is 33.1 Å². The lowest BCUT2D eigenvalue weighted by Gasteiger charge is -2.11. The van der Waals surface area contributed by atoms with E-state index >= 15 is 0 Å². The van der Waals surface area contributed by atoms with Crippen molar-refractivity contribution in [2.45, 2.75) is 26.2 Å². The molecule has 2 rings (SSSR count). The molecule has 1 aromatic rings. The minimum absolute atomic E-state index is 0.188. The highest BCUT2D eigenvalue weighted by Gasteiger charge is 2.28. The number of nitrogens with one attached hydrogen (secondary N) is 3. The van der Waals surface area contributed by atoms with Gasteiger partial charge in [-0.25, -0.2) is 0 Å². The quantitative estimate of drug-likeness (QED) is 0.385. The van der Waals surface area contributed by atoms with Crippen molar-refractivity contribution in [3.8, 4) is 0 Å². The molecule has 3 N–H and O–H groups in total. The van der Waals surface area contributed by atoms with Gasteiger partial charge in [0.2, 0.25) is 5.91 Å². The summed E-state index contributed by atoms with van der Waals surface area (Å²) in [5.74, 6) is 1.26. The van der Waals surface area contributed by atoms with Crippen molar-refractivity contribution in [2.75, 3.05) is 26.2 Å². The first kappa shape index (κ1) is 16.3. The number of hydrogen-bond donors (Lipinski definition) is 3. The molecule has 5 nitrogen and oxygen atoms in total. The van der Waals surface area contributed by atoms with E-state index in [-0.39, 0.29) is 11.8 Å². The van der Waals surface area contributed by atoms with Gasteiger partial charge >= 0.3 is 0 Å². The lowest BCUT2D eigenvalue weighted by molar-refractivity contribution is -0.122. The van der Waals surface area contributed by atoms with E-state index in [9.17, 15) is 4.79 Å². The summed E-state index contributed by atoms with van der Waals surface area (Å²) < 4.78 is 0. The summed E-state index contributed by atoms with van der Waals surface area (Å²) in [5, 5.41) is 9.40. The fourth-order valence-corrected chi connectivity index (χ4v) is 2.14. The molecule has 0 saturated heterocycles. The van der Waals surface area contributed by atoms with Crippen LogP contribution in [-0.2, 0) is 11.2 Å². The molecule has 0 bridgehead atoms. The van der Waals surface area contributed by atoms with Gasteiger partial charge in [-0.1, -0.05) is 30.3 Å². The molecule has 0 unspecified atom stereocenters. The zero-order valence-corrected chi connectivity index (χ0v) is 13.3. The zero-order chi connectivity index (χ0) is 15.6. The summed E-state index contributed by atoms with van der Waals surface area (Å²) in [7, 11) is 0. The third-order valence-electron chi connectivity index (χ3n) is 3.52. The molecule has 0 spiro atoms. The van der Waals surface area contributed by atoms with Gasteiger partial charge in [-0.15, -0.1) is 0 Å². The first-order chi connectivity index (χ1) is 10.8. The number of benzene rings is 1. The summed E-state index contributed by atoms with van der Waals surface area (Å²) >= 11 is 0. The SMILES string of the molecule is CCNC(=NCCc1ccccc1)NCCNC(=O)C1CC1. The summed E-state index contributed by atoms with van der Waals surface area (Å²) in [6, 6.07) is 10.3. The second kappa shape index (κ2) is 9.07. The third-order valence-corrected chi connectivity index (χ3v) is 3.52. The summed E-state index contributed by atoms with van der Waals surface area (Å²) in [6.07, 6.45) is 3.02. The van der Waals surface area contributed by atoms with Crippen LogP contribution in [0.1, 0.15) is 25.3 Å². The lowest BCUT2D eigenvalue weighted by Crippen LogP contribution is -2.41. The van der Waals surface area contributed by atoms with E-state index in [1.165, 1.54) is 5.56 Å². The highest BCUT2D eigenvalue weighted by atomic mass is 16.2. The molecule has 1 amide bonds. The fraction of sp³-hybridized carbons (Fsp3) is 0.529. The van der Waals surface area contributed by atoms with E-state index < -0.39 is 0 Å². The van der Waals surface area contributed by atoms with E-state index in [4.69, 9.17) is 0 Å². The van der Waals surface area contributed by atoms with Crippen molar-refractivity contribution in [2.24, 2.45) is 10.9 Å². The Balaban J connectivity index is 1.66. The molecular formula is C17H26N4O. The Morgan fingerprint density at radius 1 is 1.14 bits per heavy atom. The van der Waals surface area contributed by atoms with Crippen LogP contribution in [0.2, 0.25) is 0 Å². The Morgan fingerprint density at radius 2 is 1.86 bits per heavy atom. The molecule has 1 fully saturated rings. The molecule has 1 aliphatic carbocycles. The number of carbonyl (C=O) groups excluding carboxylic acids is 1. The smallest absolute Gasteiger partial charge is 0.223 e. The minimum atomic E-state index is 0.188. The fourth-order valence-electron chi connectivity index (χ4n) is 2.14. The minimum Gasteiger partial charge on any atom is -0.357 e. The van der Waals surface area contributed by atoms with Crippen LogP contribution in [0.25, 0.3) is 0 Å². The zero-order valence-electron chi connectivity index (χ0n) is 13.3. The maximum Gasteiger partial charge on any atom is 0.223 e. The number of guanidine groups is 1. The molecule has 22 heavy (non-hydrogen) atoms. The normalized spacial score (nSPS) is 14.5. The van der Waals surface area contributed by atoms with Gasteiger partial charge in [0.1, 0.15) is 0 Å². The van der Waals surface area contributed by atoms with E-state index in [0.717, 1.165) is 38.3 Å². The van der Waals surface area contributed by atoms with Crippen LogP contribution < -0.4 is 16.0 Å². The molecule has 0 radical (unpaired) electrons. The molecule has 5 heteroatoms. The van der Waals surface area contributed by atoms with E-state index in [1.807, 2.05) is 25.1 Å². The molecule has 0 aliphatic heterocycles. The van der Waals surface area contributed by atoms with Crippen LogP contribution in [-0.4, -0.2) is 38.0 Å². The summed E-state index contributed by atoms with van der Waals surface area (Å²) in [4.78, 5) is 16.1. The van der Waals surface area contributed by atoms with Crippen LogP contribution in [0.3, 0.4) is 0 Å². The van der Waals surface area contributed by atoms with Gasteiger partial charge in [-0.2, -0.15) is 0 Å². The van der Waals surface area contributed by atoms with Gasteiger partial charge in [0.25, 0.3) is 0 Å². The number of rotatable bonds is 8. The second-order valence-electron chi connectivity index (χ2n) is 5.49. The van der Waals surface area contributed by atoms with Crippen LogP contribution in [0.5, 0.6) is 0 Å². The topological polar surface area (TPSA) is 65.5 Å². The van der Waals surface area contributed by atoms with Crippen molar-refractivity contribution >= 4 is 11.9 Å². The number of carbonyl (C=O) groups is 1. The van der Waals surface area contributed by atoms with Gasteiger partial charge in [-0.05, 0) is 31.7 Å². The van der Waals surface area contributed by atoms with Gasteiger partial charge in [-0.3, -0.25) is 9.79 Å². The van der Waals surface area contributed by atoms with Gasteiger partial charge in [0.05, 0.1) is 0 Å². The first-order valence-corrected chi connectivity index (χ1v) is 8.13. The van der Waals surface area contributed by atoms with Crippen LogP contribution in [0.15, 0.2) is 35.3 Å². The molecule has 1 aliphatic rings. The highest BCUT2D eigenvalue weighted by Crippen LogP contribution is 2.28. The lowest BCUT2D eigenvalue weighted by atomic mass is 10.2. The Kier molecular flexibility index (Phi) is 6.74. The standard InChI is InChI=1S/C17H26N4O/c1-2-18-17(20-11-10-14-6-4-3-5-7-14)21-13-12-19-16(22)15-8-9-15/h3-7,15H,2,8-13H2,1H3,(H,19,22)(H2,18,20,21). The second-order valence-corrected chi connectivity index (χ2v) is 5.49. The molecular weight excluding hydrogens is 276 g/mol. The van der Waals surface area contributed by atoms with Crippen LogP contribution in [0.4, 0.5) is 0 Å². The van der Waals surface area contributed by atoms with Gasteiger partial charge in [0, 0.05) is 32.1 Å². The largest absolute Gasteiger partial charge is 0.357 e. The van der Waals surface area contributed by atoms with E-state index in [0.29, 0.717) is 13.1 Å². The predicted molar refractivity (Wildman–Crippen MR) is 89.9 cm³/mol. The molecule has 0 atom stereocenters. The average molecular weight is 302 g/mol. The molecule has 1 aromatic carbocycles. The van der Waals surface area contributed by atoms with Crippen molar-refractivity contribution in [3.05, 3.63) is 35.9 Å². The molecule has 0 aromatic heterocycles. The number of hydrogen-bond acceptors (Lipinski definition) is 2. The van der Waals surface area contributed by atoms with Crippen LogP contribution in [0, 0.1) is 5.92 Å².